The van der Waals surface area contributed by atoms with Crippen LogP contribution in [-0.4, -0.2) is 86.1 Å². The van der Waals surface area contributed by atoms with Crippen LogP contribution < -0.4 is 5.73 Å². The number of hydrogen-bond acceptors (Lipinski definition) is 7. The van der Waals surface area contributed by atoms with Gasteiger partial charge in [-0.2, -0.15) is 0 Å². The number of likely N-dealkylation sites (tertiary alicyclic amines) is 2. The second kappa shape index (κ2) is 11.1. The molecule has 5 rings (SSSR count). The first-order valence-corrected chi connectivity index (χ1v) is 14.0. The maximum atomic E-state index is 14.9. The second-order valence-corrected chi connectivity index (χ2v) is 11.8. The molecule has 214 valence electrons. The Morgan fingerprint density at radius 2 is 1.65 bits per heavy atom. The Morgan fingerprint density at radius 1 is 1.00 bits per heavy atom. The Balaban J connectivity index is 1.24. The number of hydrogen-bond donors (Lipinski definition) is 1. The average Bonchev–Trinajstić information content (AvgIpc) is 3.66. The first-order valence-electron chi connectivity index (χ1n) is 14.0. The number of benzene rings is 1. The SMILES string of the molecule is CC(C)(C)OC(=O)N1CCC(N(C(=O)c2cnc(-c3ccc(C(=O)N4CCC[C@@H]4N)c(F)c3)nc2)C2CC2)CC1. The van der Waals surface area contributed by atoms with Gasteiger partial charge in [-0.3, -0.25) is 9.59 Å². The molecule has 1 aromatic heterocycles. The summed E-state index contributed by atoms with van der Waals surface area (Å²) in [6.07, 6.45) is 6.96. The van der Waals surface area contributed by atoms with E-state index in [9.17, 15) is 18.8 Å². The van der Waals surface area contributed by atoms with E-state index in [1.165, 1.54) is 29.4 Å². The maximum Gasteiger partial charge on any atom is 0.410 e. The van der Waals surface area contributed by atoms with Crippen molar-refractivity contribution in [2.75, 3.05) is 19.6 Å². The highest BCUT2D eigenvalue weighted by molar-refractivity contribution is 5.96. The minimum atomic E-state index is -0.664. The van der Waals surface area contributed by atoms with Crippen molar-refractivity contribution in [2.45, 2.75) is 83.1 Å². The molecule has 11 heteroatoms. The fourth-order valence-electron chi connectivity index (χ4n) is 5.40. The minimum Gasteiger partial charge on any atom is -0.444 e. The van der Waals surface area contributed by atoms with Gasteiger partial charge in [-0.25, -0.2) is 19.2 Å². The van der Waals surface area contributed by atoms with Crippen molar-refractivity contribution >= 4 is 17.9 Å². The maximum absolute atomic E-state index is 14.9. The van der Waals surface area contributed by atoms with Gasteiger partial charge in [0.2, 0.25) is 0 Å². The monoisotopic (exact) mass is 552 g/mol. The van der Waals surface area contributed by atoms with Gasteiger partial charge in [0, 0.05) is 49.7 Å². The van der Waals surface area contributed by atoms with Crippen molar-refractivity contribution in [3.8, 4) is 11.4 Å². The van der Waals surface area contributed by atoms with E-state index in [2.05, 4.69) is 9.97 Å². The summed E-state index contributed by atoms with van der Waals surface area (Å²) in [5.41, 5.74) is 6.15. The van der Waals surface area contributed by atoms with Gasteiger partial charge in [0.25, 0.3) is 11.8 Å². The summed E-state index contributed by atoms with van der Waals surface area (Å²) in [5, 5.41) is 0. The summed E-state index contributed by atoms with van der Waals surface area (Å²) in [7, 11) is 0. The van der Waals surface area contributed by atoms with E-state index in [-0.39, 0.29) is 35.5 Å². The lowest BCUT2D eigenvalue weighted by Gasteiger charge is -2.39. The number of nitrogens with zero attached hydrogens (tertiary/aromatic N) is 5. The number of carbonyl (C=O) groups is 3. The molecule has 2 saturated heterocycles. The average molecular weight is 553 g/mol. The molecule has 1 saturated carbocycles. The Morgan fingerprint density at radius 3 is 2.20 bits per heavy atom. The Bertz CT molecular complexity index is 1270. The van der Waals surface area contributed by atoms with E-state index < -0.39 is 23.5 Å². The molecule has 0 spiro atoms. The van der Waals surface area contributed by atoms with Gasteiger partial charge in [-0.05, 0) is 71.4 Å². The molecule has 2 aliphatic heterocycles. The fraction of sp³-hybridized carbons (Fsp3) is 0.552. The van der Waals surface area contributed by atoms with E-state index in [1.807, 2.05) is 25.7 Å². The highest BCUT2D eigenvalue weighted by Gasteiger charge is 2.40. The molecular weight excluding hydrogens is 515 g/mol. The lowest BCUT2D eigenvalue weighted by atomic mass is 10.0. The van der Waals surface area contributed by atoms with Crippen molar-refractivity contribution in [3.63, 3.8) is 0 Å². The summed E-state index contributed by atoms with van der Waals surface area (Å²) < 4.78 is 20.4. The van der Waals surface area contributed by atoms with Crippen LogP contribution >= 0.6 is 0 Å². The lowest BCUT2D eigenvalue weighted by Crippen LogP contribution is -2.50. The molecule has 40 heavy (non-hydrogen) atoms. The summed E-state index contributed by atoms with van der Waals surface area (Å²) >= 11 is 0. The number of carbonyl (C=O) groups excluding carboxylic acids is 3. The van der Waals surface area contributed by atoms with Crippen LogP contribution in [0.25, 0.3) is 11.4 Å². The Kier molecular flexibility index (Phi) is 7.76. The molecule has 0 radical (unpaired) electrons. The minimum absolute atomic E-state index is 0.0151. The van der Waals surface area contributed by atoms with Gasteiger partial charge in [-0.1, -0.05) is 6.07 Å². The number of nitrogens with two attached hydrogens (primary N) is 1. The number of halogens is 1. The number of ether oxygens (including phenoxy) is 1. The van der Waals surface area contributed by atoms with Crippen molar-refractivity contribution in [1.82, 2.24) is 24.7 Å². The van der Waals surface area contributed by atoms with Crippen LogP contribution in [0, 0.1) is 5.82 Å². The summed E-state index contributed by atoms with van der Waals surface area (Å²) in [6, 6.07) is 4.46. The molecule has 3 fully saturated rings. The molecule has 3 amide bonds. The quantitative estimate of drug-likeness (QED) is 0.599. The third-order valence-corrected chi connectivity index (χ3v) is 7.60. The van der Waals surface area contributed by atoms with Crippen LogP contribution in [-0.2, 0) is 4.74 Å². The van der Waals surface area contributed by atoms with Crippen molar-refractivity contribution in [3.05, 3.63) is 47.5 Å². The molecule has 1 aliphatic carbocycles. The van der Waals surface area contributed by atoms with Crippen LogP contribution in [0.4, 0.5) is 9.18 Å². The highest BCUT2D eigenvalue weighted by Crippen LogP contribution is 2.33. The van der Waals surface area contributed by atoms with Crippen LogP contribution in [0.3, 0.4) is 0 Å². The van der Waals surface area contributed by atoms with E-state index in [0.717, 1.165) is 19.3 Å². The smallest absolute Gasteiger partial charge is 0.410 e. The van der Waals surface area contributed by atoms with Gasteiger partial charge in [-0.15, -0.1) is 0 Å². The summed E-state index contributed by atoms with van der Waals surface area (Å²) in [4.78, 5) is 52.5. The lowest BCUT2D eigenvalue weighted by molar-refractivity contribution is 0.0142. The van der Waals surface area contributed by atoms with Gasteiger partial charge in [0.05, 0.1) is 17.3 Å². The number of piperidine rings is 1. The standard InChI is InChI=1S/C29H37FN6O4/c1-29(2,3)40-28(39)34-13-10-21(11-14-34)36(20-7-8-20)26(37)19-16-32-25(33-17-19)18-6-9-22(23(30)15-18)27(38)35-12-4-5-24(35)31/h6,9,15-17,20-21,24H,4-5,7-8,10-14,31H2,1-3H3/t24-/m1/s1. The largest absolute Gasteiger partial charge is 0.444 e. The van der Waals surface area contributed by atoms with Crippen LogP contribution in [0.5, 0.6) is 0 Å². The molecular formula is C29H37FN6O4. The molecule has 3 aliphatic rings. The van der Waals surface area contributed by atoms with Crippen molar-refractivity contribution < 1.29 is 23.5 Å². The zero-order valence-corrected chi connectivity index (χ0v) is 23.3. The van der Waals surface area contributed by atoms with Crippen molar-refractivity contribution in [1.29, 1.82) is 0 Å². The Hall–Kier alpha value is -3.60. The van der Waals surface area contributed by atoms with Crippen LogP contribution in [0.2, 0.25) is 0 Å². The second-order valence-electron chi connectivity index (χ2n) is 11.8. The fourth-order valence-corrected chi connectivity index (χ4v) is 5.40. The Labute approximate surface area is 233 Å². The normalized spacial score (nSPS) is 20.0. The van der Waals surface area contributed by atoms with Gasteiger partial charge in [0.1, 0.15) is 11.4 Å². The zero-order valence-electron chi connectivity index (χ0n) is 23.3. The van der Waals surface area contributed by atoms with Gasteiger partial charge >= 0.3 is 6.09 Å². The predicted octanol–water partition coefficient (Wildman–Crippen LogP) is 3.81. The van der Waals surface area contributed by atoms with E-state index >= 15 is 0 Å². The molecule has 2 N–H and O–H groups in total. The zero-order chi connectivity index (χ0) is 28.6. The third-order valence-electron chi connectivity index (χ3n) is 7.60. The predicted molar refractivity (Wildman–Crippen MR) is 146 cm³/mol. The molecule has 10 nitrogen and oxygen atoms in total. The van der Waals surface area contributed by atoms with Crippen LogP contribution in [0.15, 0.2) is 30.6 Å². The summed E-state index contributed by atoms with van der Waals surface area (Å²) in [5.74, 6) is -0.967. The number of rotatable bonds is 5. The van der Waals surface area contributed by atoms with Gasteiger partial charge < -0.3 is 25.2 Å². The van der Waals surface area contributed by atoms with Crippen LogP contribution in [0.1, 0.15) is 80.0 Å². The van der Waals surface area contributed by atoms with Gasteiger partial charge in [0.15, 0.2) is 5.82 Å². The van der Waals surface area contributed by atoms with Crippen molar-refractivity contribution in [2.24, 2.45) is 5.73 Å². The number of amides is 3. The third kappa shape index (κ3) is 6.09. The topological polar surface area (TPSA) is 122 Å². The summed E-state index contributed by atoms with van der Waals surface area (Å²) in [6.45, 7) is 7.10. The molecule has 0 unspecified atom stereocenters. The first kappa shape index (κ1) is 27.9. The van der Waals surface area contributed by atoms with E-state index in [4.69, 9.17) is 10.5 Å². The highest BCUT2D eigenvalue weighted by atomic mass is 19.1. The number of aromatic nitrogens is 2. The van der Waals surface area contributed by atoms with E-state index in [1.54, 1.807) is 11.0 Å². The molecule has 0 bridgehead atoms. The van der Waals surface area contributed by atoms with E-state index in [0.29, 0.717) is 50.0 Å². The molecule has 1 atom stereocenters. The molecule has 1 aromatic carbocycles. The first-order chi connectivity index (χ1) is 19.0. The molecule has 3 heterocycles. The molecule has 2 aromatic rings.